The third kappa shape index (κ3) is 5.16. The van der Waals surface area contributed by atoms with Crippen LogP contribution in [0.1, 0.15) is 28.4 Å². The molecule has 0 unspecified atom stereocenters. The molecule has 0 atom stereocenters. The summed E-state index contributed by atoms with van der Waals surface area (Å²) in [6.07, 6.45) is 1.79. The summed E-state index contributed by atoms with van der Waals surface area (Å²) >= 11 is 0. The molecule has 3 amide bonds. The number of benzene rings is 2. The lowest BCUT2D eigenvalue weighted by Crippen LogP contribution is -2.33. The van der Waals surface area contributed by atoms with Crippen LogP contribution in [0, 0.1) is 0 Å². The monoisotopic (exact) mass is 409 g/mol. The van der Waals surface area contributed by atoms with Gasteiger partial charge < -0.3 is 25.8 Å². The Morgan fingerprint density at radius 2 is 1.83 bits per heavy atom. The van der Waals surface area contributed by atoms with E-state index in [4.69, 9.17) is 15.2 Å². The summed E-state index contributed by atoms with van der Waals surface area (Å²) in [6.45, 7) is 2.66. The van der Waals surface area contributed by atoms with Crippen LogP contribution in [0.4, 0.5) is 0 Å². The van der Waals surface area contributed by atoms with Crippen molar-refractivity contribution >= 4 is 23.8 Å². The average molecular weight is 409 g/mol. The fourth-order valence-electron chi connectivity index (χ4n) is 2.92. The Balaban J connectivity index is 1.59. The molecule has 3 rings (SSSR count). The molecular weight excluding hydrogens is 386 g/mol. The summed E-state index contributed by atoms with van der Waals surface area (Å²) in [5.74, 6) is 0.0666. The molecule has 1 aliphatic heterocycles. The summed E-state index contributed by atoms with van der Waals surface area (Å²) in [6, 6.07) is 12.2. The minimum Gasteiger partial charge on any atom is -0.490 e. The highest BCUT2D eigenvalue weighted by Crippen LogP contribution is 2.35. The Bertz CT molecular complexity index is 983. The molecule has 156 valence electrons. The molecule has 2 aromatic rings. The summed E-state index contributed by atoms with van der Waals surface area (Å²) < 4.78 is 11.3. The molecule has 0 spiro atoms. The number of para-hydroxylation sites is 1. The highest BCUT2D eigenvalue weighted by molar-refractivity contribution is 5.99. The van der Waals surface area contributed by atoms with Crippen LogP contribution in [0.3, 0.4) is 0 Å². The van der Waals surface area contributed by atoms with Gasteiger partial charge in [0.25, 0.3) is 11.8 Å². The normalized spacial score (nSPS) is 12.1. The van der Waals surface area contributed by atoms with Gasteiger partial charge in [0.2, 0.25) is 5.91 Å². The molecule has 0 bridgehead atoms. The molecule has 0 fully saturated rings. The number of carbonyl (C=O) groups is 3. The Labute approximate surface area is 174 Å². The van der Waals surface area contributed by atoms with E-state index in [0.717, 1.165) is 11.1 Å². The van der Waals surface area contributed by atoms with Crippen molar-refractivity contribution < 1.29 is 23.9 Å². The van der Waals surface area contributed by atoms with Crippen LogP contribution >= 0.6 is 0 Å². The van der Waals surface area contributed by atoms with Crippen LogP contribution < -0.4 is 25.8 Å². The van der Waals surface area contributed by atoms with Crippen LogP contribution in [0.5, 0.6) is 11.5 Å². The van der Waals surface area contributed by atoms with E-state index < -0.39 is 5.91 Å². The zero-order chi connectivity index (χ0) is 21.5. The first-order valence-corrected chi connectivity index (χ1v) is 9.50. The minimum absolute atomic E-state index is 0.155. The minimum atomic E-state index is -0.611. The van der Waals surface area contributed by atoms with Crippen LogP contribution in [0.25, 0.3) is 6.08 Å². The number of hydrogen-bond acceptors (Lipinski definition) is 5. The maximum atomic E-state index is 12.5. The molecule has 0 radical (unpaired) electrons. The number of carbonyl (C=O) groups excluding carboxylic acids is 3. The number of fused-ring (bicyclic) bond motifs is 1. The van der Waals surface area contributed by atoms with Gasteiger partial charge >= 0.3 is 0 Å². The maximum Gasteiger partial charge on any atom is 0.251 e. The molecule has 1 aliphatic rings. The van der Waals surface area contributed by atoms with Crippen molar-refractivity contribution in [3.8, 4) is 11.5 Å². The molecule has 1 heterocycles. The zero-order valence-electron chi connectivity index (χ0n) is 16.6. The van der Waals surface area contributed by atoms with Crippen molar-refractivity contribution in [1.82, 2.24) is 10.6 Å². The number of rotatable bonds is 8. The SMILES string of the molecule is CCOc1cccc2c1OCC(C(=O)NCc1ccc(C(=O)NCC(N)=O)cc1)=C2. The summed E-state index contributed by atoms with van der Waals surface area (Å²) in [5.41, 5.74) is 7.54. The fourth-order valence-corrected chi connectivity index (χ4v) is 2.92. The number of amides is 3. The molecule has 2 aromatic carbocycles. The second-order valence-corrected chi connectivity index (χ2v) is 6.59. The zero-order valence-corrected chi connectivity index (χ0v) is 16.6. The predicted octanol–water partition coefficient (Wildman–Crippen LogP) is 1.39. The van der Waals surface area contributed by atoms with Crippen LogP contribution in [-0.4, -0.2) is 37.5 Å². The largest absolute Gasteiger partial charge is 0.490 e. The molecule has 8 nitrogen and oxygen atoms in total. The summed E-state index contributed by atoms with van der Waals surface area (Å²) in [7, 11) is 0. The fraction of sp³-hybridized carbons (Fsp3) is 0.227. The van der Waals surface area contributed by atoms with Gasteiger partial charge in [0.05, 0.1) is 18.7 Å². The average Bonchev–Trinajstić information content (AvgIpc) is 2.76. The van der Waals surface area contributed by atoms with Crippen molar-refractivity contribution in [2.45, 2.75) is 13.5 Å². The first-order chi connectivity index (χ1) is 14.5. The second kappa shape index (κ2) is 9.60. The Morgan fingerprint density at radius 1 is 1.07 bits per heavy atom. The van der Waals surface area contributed by atoms with E-state index in [1.165, 1.54) is 0 Å². The van der Waals surface area contributed by atoms with Crippen LogP contribution in [-0.2, 0) is 16.1 Å². The molecular formula is C22H23N3O5. The van der Waals surface area contributed by atoms with Gasteiger partial charge in [-0.1, -0.05) is 24.3 Å². The Hall–Kier alpha value is -3.81. The van der Waals surface area contributed by atoms with E-state index in [0.29, 0.717) is 35.8 Å². The maximum absolute atomic E-state index is 12.5. The Morgan fingerprint density at radius 3 is 2.53 bits per heavy atom. The van der Waals surface area contributed by atoms with E-state index in [1.54, 1.807) is 30.3 Å². The lowest BCUT2D eigenvalue weighted by molar-refractivity contribution is -0.118. The number of primary amides is 1. The van der Waals surface area contributed by atoms with Gasteiger partial charge in [-0.15, -0.1) is 0 Å². The van der Waals surface area contributed by atoms with Crippen LogP contribution in [0.15, 0.2) is 48.0 Å². The van der Waals surface area contributed by atoms with E-state index >= 15 is 0 Å². The number of nitrogens with two attached hydrogens (primary N) is 1. The predicted molar refractivity (Wildman–Crippen MR) is 111 cm³/mol. The van der Waals surface area contributed by atoms with E-state index in [1.807, 2.05) is 25.1 Å². The van der Waals surface area contributed by atoms with Gasteiger partial charge in [0, 0.05) is 17.7 Å². The number of hydrogen-bond donors (Lipinski definition) is 3. The van der Waals surface area contributed by atoms with Gasteiger partial charge in [-0.3, -0.25) is 14.4 Å². The molecule has 8 heteroatoms. The molecule has 0 saturated heterocycles. The van der Waals surface area contributed by atoms with Gasteiger partial charge in [-0.05, 0) is 36.8 Å². The molecule has 0 aromatic heterocycles. The topological polar surface area (TPSA) is 120 Å². The number of ether oxygens (including phenoxy) is 2. The van der Waals surface area contributed by atoms with Crippen molar-refractivity contribution in [3.63, 3.8) is 0 Å². The lowest BCUT2D eigenvalue weighted by Gasteiger charge is -2.20. The molecule has 4 N–H and O–H groups in total. The summed E-state index contributed by atoms with van der Waals surface area (Å²) in [4.78, 5) is 35.1. The highest BCUT2D eigenvalue weighted by atomic mass is 16.5. The standard InChI is InChI=1S/C22H23N3O5/c1-2-29-18-5-3-4-16-10-17(13-30-20(16)18)22(28)24-11-14-6-8-15(9-7-14)21(27)25-12-19(23)26/h3-10H,2,11-13H2,1H3,(H2,23,26)(H,24,28)(H,25,27). The molecule has 30 heavy (non-hydrogen) atoms. The summed E-state index contributed by atoms with van der Waals surface area (Å²) in [5, 5.41) is 5.27. The smallest absolute Gasteiger partial charge is 0.251 e. The van der Waals surface area contributed by atoms with E-state index in [-0.39, 0.29) is 25.0 Å². The third-order valence-corrected chi connectivity index (χ3v) is 4.39. The van der Waals surface area contributed by atoms with Gasteiger partial charge in [-0.2, -0.15) is 0 Å². The van der Waals surface area contributed by atoms with Gasteiger partial charge in [0.15, 0.2) is 11.5 Å². The van der Waals surface area contributed by atoms with E-state index in [9.17, 15) is 14.4 Å². The van der Waals surface area contributed by atoms with E-state index in [2.05, 4.69) is 10.6 Å². The molecule has 0 saturated carbocycles. The lowest BCUT2D eigenvalue weighted by atomic mass is 10.1. The first-order valence-electron chi connectivity index (χ1n) is 9.50. The van der Waals surface area contributed by atoms with Crippen LogP contribution in [0.2, 0.25) is 0 Å². The van der Waals surface area contributed by atoms with Crippen molar-refractivity contribution in [1.29, 1.82) is 0 Å². The second-order valence-electron chi connectivity index (χ2n) is 6.59. The van der Waals surface area contributed by atoms with Gasteiger partial charge in [0.1, 0.15) is 6.61 Å². The van der Waals surface area contributed by atoms with Crippen molar-refractivity contribution in [2.24, 2.45) is 5.73 Å². The third-order valence-electron chi connectivity index (χ3n) is 4.39. The highest BCUT2D eigenvalue weighted by Gasteiger charge is 2.20. The quantitative estimate of drug-likeness (QED) is 0.609. The number of nitrogens with one attached hydrogen (secondary N) is 2. The van der Waals surface area contributed by atoms with Crippen molar-refractivity contribution in [3.05, 3.63) is 64.7 Å². The van der Waals surface area contributed by atoms with Gasteiger partial charge in [-0.25, -0.2) is 0 Å². The first kappa shape index (κ1) is 20.9. The Kier molecular flexibility index (Phi) is 6.69. The van der Waals surface area contributed by atoms with Crippen molar-refractivity contribution in [2.75, 3.05) is 19.8 Å². The molecule has 0 aliphatic carbocycles.